The maximum atomic E-state index is 12.2. The molecule has 0 unspecified atom stereocenters. The van der Waals surface area contributed by atoms with Crippen LogP contribution in [-0.4, -0.2) is 24.3 Å². The Morgan fingerprint density at radius 3 is 2.42 bits per heavy atom. The fraction of sp³-hybridized carbons (Fsp3) is 0.0556. The first-order valence-electron chi connectivity index (χ1n) is 7.65. The number of nitrogens with one attached hydrogen (secondary N) is 2. The topological polar surface area (TPSA) is 109 Å². The number of hydrogen-bond donors (Lipinski definition) is 2. The number of carbonyl (C=O) groups is 1. The van der Waals surface area contributed by atoms with Gasteiger partial charge in [-0.15, -0.1) is 0 Å². The third-order valence-electron chi connectivity index (χ3n) is 3.67. The second-order valence-corrected chi connectivity index (χ2v) is 7.25. The van der Waals surface area contributed by atoms with Crippen molar-refractivity contribution in [2.24, 2.45) is 0 Å². The van der Waals surface area contributed by atoms with Crippen LogP contribution in [0.15, 0.2) is 70.6 Å². The summed E-state index contributed by atoms with van der Waals surface area (Å²) in [5.74, 6) is -0.865. The van der Waals surface area contributed by atoms with Crippen LogP contribution in [0.2, 0.25) is 0 Å². The van der Waals surface area contributed by atoms with Gasteiger partial charge in [-0.1, -0.05) is 29.8 Å². The second-order valence-electron chi connectivity index (χ2n) is 5.60. The molecule has 0 aliphatic carbocycles. The number of aryl methyl sites for hydroxylation is 1. The van der Waals surface area contributed by atoms with Crippen LogP contribution in [0, 0.1) is 6.92 Å². The summed E-state index contributed by atoms with van der Waals surface area (Å²) in [6, 6.07) is 13.3. The zero-order valence-corrected chi connectivity index (χ0v) is 14.6. The van der Waals surface area contributed by atoms with E-state index in [1.54, 1.807) is 6.07 Å². The number of H-pyrrole nitrogens is 1. The molecule has 1 amide bonds. The first kappa shape index (κ1) is 17.6. The van der Waals surface area contributed by atoms with E-state index in [4.69, 9.17) is 0 Å². The average molecular weight is 369 g/mol. The van der Waals surface area contributed by atoms with Gasteiger partial charge in [-0.25, -0.2) is 13.1 Å². The van der Waals surface area contributed by atoms with Crippen molar-refractivity contribution in [1.82, 2.24) is 14.7 Å². The van der Waals surface area contributed by atoms with E-state index in [1.165, 1.54) is 24.5 Å². The van der Waals surface area contributed by atoms with Crippen molar-refractivity contribution in [3.8, 4) is 11.3 Å². The Bertz CT molecular complexity index is 1100. The molecule has 26 heavy (non-hydrogen) atoms. The maximum absolute atomic E-state index is 12.2. The SMILES string of the molecule is Cc1ccc(-c2ccc(C(=O)NS(=O)(=O)c3ccc[nH]c3=O)cn2)cc1. The fourth-order valence-corrected chi connectivity index (χ4v) is 3.31. The Morgan fingerprint density at radius 2 is 1.81 bits per heavy atom. The predicted molar refractivity (Wildman–Crippen MR) is 96.1 cm³/mol. The first-order valence-corrected chi connectivity index (χ1v) is 9.13. The molecular weight excluding hydrogens is 354 g/mol. The van der Waals surface area contributed by atoms with Gasteiger partial charge in [0.1, 0.15) is 0 Å². The van der Waals surface area contributed by atoms with Crippen molar-refractivity contribution in [3.05, 3.63) is 82.4 Å². The lowest BCUT2D eigenvalue weighted by molar-refractivity contribution is 0.0981. The summed E-state index contributed by atoms with van der Waals surface area (Å²) < 4.78 is 26.2. The first-order chi connectivity index (χ1) is 12.4. The van der Waals surface area contributed by atoms with E-state index in [2.05, 4.69) is 9.97 Å². The Kier molecular flexibility index (Phi) is 4.68. The number of hydrogen-bond acceptors (Lipinski definition) is 5. The summed E-state index contributed by atoms with van der Waals surface area (Å²) in [6.07, 6.45) is 2.59. The van der Waals surface area contributed by atoms with Crippen molar-refractivity contribution in [1.29, 1.82) is 0 Å². The molecule has 0 saturated carbocycles. The van der Waals surface area contributed by atoms with E-state index < -0.39 is 26.4 Å². The number of sulfonamides is 1. The summed E-state index contributed by atoms with van der Waals surface area (Å²) in [4.78, 5) is 29.7. The lowest BCUT2D eigenvalue weighted by atomic mass is 10.1. The van der Waals surface area contributed by atoms with Crippen molar-refractivity contribution in [2.45, 2.75) is 11.8 Å². The number of nitrogens with zero attached hydrogens (tertiary/aromatic N) is 1. The molecule has 3 rings (SSSR count). The molecule has 0 bridgehead atoms. The lowest BCUT2D eigenvalue weighted by Crippen LogP contribution is -2.34. The normalized spacial score (nSPS) is 11.1. The predicted octanol–water partition coefficient (Wildman–Crippen LogP) is 1.86. The molecule has 2 aromatic heterocycles. The Hall–Kier alpha value is -3.26. The number of carbonyl (C=O) groups excluding carboxylic acids is 1. The van der Waals surface area contributed by atoms with E-state index in [-0.39, 0.29) is 5.56 Å². The quantitative estimate of drug-likeness (QED) is 0.730. The highest BCUT2D eigenvalue weighted by Crippen LogP contribution is 2.17. The van der Waals surface area contributed by atoms with Crippen LogP contribution < -0.4 is 10.3 Å². The molecule has 0 radical (unpaired) electrons. The van der Waals surface area contributed by atoms with Crippen LogP contribution in [0.25, 0.3) is 11.3 Å². The fourth-order valence-electron chi connectivity index (χ4n) is 2.28. The molecule has 7 nitrogen and oxygen atoms in total. The van der Waals surface area contributed by atoms with Gasteiger partial charge in [0, 0.05) is 18.0 Å². The van der Waals surface area contributed by atoms with Crippen LogP contribution in [0.1, 0.15) is 15.9 Å². The van der Waals surface area contributed by atoms with Crippen LogP contribution in [0.4, 0.5) is 0 Å². The van der Waals surface area contributed by atoms with Gasteiger partial charge in [0.05, 0.1) is 11.3 Å². The molecule has 0 atom stereocenters. The minimum absolute atomic E-state index is 0.0665. The van der Waals surface area contributed by atoms with E-state index in [0.717, 1.165) is 17.2 Å². The molecule has 132 valence electrons. The molecule has 3 aromatic rings. The third kappa shape index (κ3) is 3.70. The molecule has 0 aliphatic rings. The summed E-state index contributed by atoms with van der Waals surface area (Å²) in [7, 11) is -4.28. The number of aromatic nitrogens is 2. The molecule has 0 aliphatic heterocycles. The molecule has 8 heteroatoms. The highest BCUT2D eigenvalue weighted by molar-refractivity contribution is 7.90. The zero-order chi connectivity index (χ0) is 18.7. The molecule has 1 aromatic carbocycles. The van der Waals surface area contributed by atoms with Gasteiger partial charge >= 0.3 is 0 Å². The van der Waals surface area contributed by atoms with Crippen molar-refractivity contribution < 1.29 is 13.2 Å². The Labute approximate surface area is 149 Å². The van der Waals surface area contributed by atoms with Crippen molar-refractivity contribution in [3.63, 3.8) is 0 Å². The van der Waals surface area contributed by atoms with Crippen LogP contribution in [0.5, 0.6) is 0 Å². The number of pyridine rings is 2. The zero-order valence-electron chi connectivity index (χ0n) is 13.8. The van der Waals surface area contributed by atoms with Crippen LogP contribution in [0.3, 0.4) is 0 Å². The number of aromatic amines is 1. The van der Waals surface area contributed by atoms with E-state index in [9.17, 15) is 18.0 Å². The Balaban J connectivity index is 1.81. The molecule has 0 saturated heterocycles. The highest BCUT2D eigenvalue weighted by Gasteiger charge is 2.21. The minimum atomic E-state index is -4.28. The van der Waals surface area contributed by atoms with Crippen LogP contribution in [-0.2, 0) is 10.0 Å². The van der Waals surface area contributed by atoms with Gasteiger partial charge in [0.15, 0.2) is 4.90 Å². The van der Waals surface area contributed by atoms with Crippen molar-refractivity contribution >= 4 is 15.9 Å². The average Bonchev–Trinajstić information content (AvgIpc) is 2.62. The molecule has 0 fully saturated rings. The molecule has 0 spiro atoms. The number of rotatable bonds is 4. The van der Waals surface area contributed by atoms with Crippen molar-refractivity contribution in [2.75, 3.05) is 0 Å². The largest absolute Gasteiger partial charge is 0.328 e. The Morgan fingerprint density at radius 1 is 1.08 bits per heavy atom. The molecule has 2 N–H and O–H groups in total. The maximum Gasteiger partial charge on any atom is 0.269 e. The number of benzene rings is 1. The van der Waals surface area contributed by atoms with E-state index in [0.29, 0.717) is 5.69 Å². The van der Waals surface area contributed by atoms with Gasteiger partial charge in [-0.2, -0.15) is 0 Å². The van der Waals surface area contributed by atoms with Gasteiger partial charge in [0.2, 0.25) is 0 Å². The van der Waals surface area contributed by atoms with E-state index >= 15 is 0 Å². The van der Waals surface area contributed by atoms with Gasteiger partial charge in [0.25, 0.3) is 21.5 Å². The number of amides is 1. The van der Waals surface area contributed by atoms with Crippen LogP contribution >= 0.6 is 0 Å². The van der Waals surface area contributed by atoms with Gasteiger partial charge in [-0.3, -0.25) is 14.6 Å². The standard InChI is InChI=1S/C18H15N3O4S/c1-12-4-6-13(7-5-12)15-9-8-14(11-20-15)17(22)21-26(24,25)16-3-2-10-19-18(16)23/h2-11H,1H3,(H,19,23)(H,21,22). The second kappa shape index (κ2) is 6.93. The lowest BCUT2D eigenvalue weighted by Gasteiger charge is -2.07. The van der Waals surface area contributed by atoms with Gasteiger partial charge < -0.3 is 4.98 Å². The summed E-state index contributed by atoms with van der Waals surface area (Å²) >= 11 is 0. The molecule has 2 heterocycles. The summed E-state index contributed by atoms with van der Waals surface area (Å²) in [5, 5.41) is 0. The third-order valence-corrected chi connectivity index (χ3v) is 5.03. The minimum Gasteiger partial charge on any atom is -0.328 e. The monoisotopic (exact) mass is 369 g/mol. The summed E-state index contributed by atoms with van der Waals surface area (Å²) in [5.41, 5.74) is 1.92. The summed E-state index contributed by atoms with van der Waals surface area (Å²) in [6.45, 7) is 1.98. The smallest absolute Gasteiger partial charge is 0.269 e. The molecular formula is C18H15N3O4S. The van der Waals surface area contributed by atoms with Gasteiger partial charge in [-0.05, 0) is 31.2 Å². The van der Waals surface area contributed by atoms with E-state index in [1.807, 2.05) is 35.9 Å². The highest BCUT2D eigenvalue weighted by atomic mass is 32.2.